The molecule has 2 heterocycles. The van der Waals surface area contributed by atoms with E-state index in [0.717, 1.165) is 66.8 Å². The molecule has 258 valence electrons. The molecule has 0 fully saturated rings. The van der Waals surface area contributed by atoms with Gasteiger partial charge in [0.1, 0.15) is 0 Å². The predicted molar refractivity (Wildman–Crippen MR) is 227 cm³/mol. The SMILES string of the molecule is c1ccc(-c2cc(-c3ccccc3)cc(-c3nc(-c4ccccc4)nc(-c4ccc(-c5ccccc5)cc4-n4c5ccccc5c5ccccc54)n3)c2)cc1. The van der Waals surface area contributed by atoms with Gasteiger partial charge in [0.25, 0.3) is 0 Å². The second-order valence-electron chi connectivity index (χ2n) is 13.7. The molecule has 0 saturated heterocycles. The van der Waals surface area contributed by atoms with Crippen LogP contribution >= 0.6 is 0 Å². The van der Waals surface area contributed by atoms with Gasteiger partial charge >= 0.3 is 0 Å². The minimum absolute atomic E-state index is 0.603. The van der Waals surface area contributed by atoms with Crippen molar-refractivity contribution in [3.63, 3.8) is 0 Å². The maximum atomic E-state index is 5.37. The maximum Gasteiger partial charge on any atom is 0.166 e. The van der Waals surface area contributed by atoms with E-state index >= 15 is 0 Å². The summed E-state index contributed by atoms with van der Waals surface area (Å²) in [7, 11) is 0. The van der Waals surface area contributed by atoms with Crippen LogP contribution in [-0.2, 0) is 0 Å². The van der Waals surface area contributed by atoms with Crippen molar-refractivity contribution in [2.24, 2.45) is 0 Å². The Morgan fingerprint density at radius 2 is 0.673 bits per heavy atom. The Kier molecular flexibility index (Phi) is 8.12. The molecular formula is C51H34N4. The third kappa shape index (κ3) is 6.06. The van der Waals surface area contributed by atoms with Crippen molar-refractivity contribution in [2.75, 3.05) is 0 Å². The van der Waals surface area contributed by atoms with Gasteiger partial charge in [0, 0.05) is 27.5 Å². The lowest BCUT2D eigenvalue weighted by molar-refractivity contribution is 1.06. The molecule has 0 spiro atoms. The number of fused-ring (bicyclic) bond motifs is 3. The Morgan fingerprint density at radius 1 is 0.273 bits per heavy atom. The molecule has 2 aromatic heterocycles. The first-order chi connectivity index (χ1) is 27.3. The van der Waals surface area contributed by atoms with Gasteiger partial charge in [-0.2, -0.15) is 0 Å². The highest BCUT2D eigenvalue weighted by Crippen LogP contribution is 2.39. The summed E-state index contributed by atoms with van der Waals surface area (Å²) in [6.07, 6.45) is 0. The molecular weight excluding hydrogens is 669 g/mol. The van der Waals surface area contributed by atoms with Gasteiger partial charge in [0.2, 0.25) is 0 Å². The number of hydrogen-bond donors (Lipinski definition) is 0. The summed E-state index contributed by atoms with van der Waals surface area (Å²) in [6.45, 7) is 0. The van der Waals surface area contributed by atoms with Crippen LogP contribution in [0.15, 0.2) is 206 Å². The topological polar surface area (TPSA) is 43.6 Å². The third-order valence-corrected chi connectivity index (χ3v) is 10.2. The third-order valence-electron chi connectivity index (χ3n) is 10.2. The molecule has 4 heteroatoms. The number of benzene rings is 8. The summed E-state index contributed by atoms with van der Waals surface area (Å²) < 4.78 is 2.36. The van der Waals surface area contributed by atoms with Crippen LogP contribution in [0.2, 0.25) is 0 Å². The molecule has 0 unspecified atom stereocenters. The van der Waals surface area contributed by atoms with Crippen molar-refractivity contribution in [1.29, 1.82) is 0 Å². The van der Waals surface area contributed by atoms with Crippen LogP contribution in [-0.4, -0.2) is 19.5 Å². The molecule has 0 amide bonds. The molecule has 0 N–H and O–H groups in total. The molecule has 0 aliphatic carbocycles. The van der Waals surface area contributed by atoms with Crippen molar-refractivity contribution in [3.05, 3.63) is 206 Å². The first kappa shape index (κ1) is 32.2. The van der Waals surface area contributed by atoms with Crippen molar-refractivity contribution >= 4 is 21.8 Å². The monoisotopic (exact) mass is 702 g/mol. The van der Waals surface area contributed by atoms with E-state index in [4.69, 9.17) is 15.0 Å². The minimum Gasteiger partial charge on any atom is -0.308 e. The van der Waals surface area contributed by atoms with Crippen LogP contribution in [0, 0.1) is 0 Å². The smallest absolute Gasteiger partial charge is 0.166 e. The predicted octanol–water partition coefficient (Wildman–Crippen LogP) is 13.0. The molecule has 8 aromatic carbocycles. The summed E-state index contributed by atoms with van der Waals surface area (Å²) in [4.78, 5) is 15.8. The Bertz CT molecular complexity index is 2840. The Balaban J connectivity index is 1.26. The zero-order valence-corrected chi connectivity index (χ0v) is 29.9. The fourth-order valence-electron chi connectivity index (χ4n) is 7.59. The van der Waals surface area contributed by atoms with Gasteiger partial charge in [-0.15, -0.1) is 0 Å². The Hall–Kier alpha value is -7.43. The minimum atomic E-state index is 0.603. The van der Waals surface area contributed by atoms with Gasteiger partial charge < -0.3 is 4.57 Å². The first-order valence-corrected chi connectivity index (χ1v) is 18.5. The van der Waals surface area contributed by atoms with Crippen LogP contribution in [0.5, 0.6) is 0 Å². The zero-order valence-electron chi connectivity index (χ0n) is 29.9. The summed E-state index contributed by atoms with van der Waals surface area (Å²) in [5.74, 6) is 1.83. The first-order valence-electron chi connectivity index (χ1n) is 18.5. The van der Waals surface area contributed by atoms with Crippen molar-refractivity contribution < 1.29 is 0 Å². The van der Waals surface area contributed by atoms with Gasteiger partial charge in [0.15, 0.2) is 17.5 Å². The summed E-state index contributed by atoms with van der Waals surface area (Å²) in [5, 5.41) is 2.39. The second-order valence-corrected chi connectivity index (χ2v) is 13.7. The Labute approximate surface area is 319 Å². The van der Waals surface area contributed by atoms with E-state index in [0.29, 0.717) is 17.5 Å². The van der Waals surface area contributed by atoms with Crippen molar-refractivity contribution in [3.8, 4) is 73.2 Å². The van der Waals surface area contributed by atoms with Crippen LogP contribution in [0.3, 0.4) is 0 Å². The second kappa shape index (κ2) is 13.8. The zero-order chi connectivity index (χ0) is 36.6. The standard InChI is InChI=1S/C51H34N4/c1-5-17-35(18-6-1)39-29-30-45(48(34-39)55-46-27-15-13-25-43(46)44-26-14-16-28-47(44)55)51-53-49(38-23-11-4-12-24-38)52-50(54-51)42-32-40(36-19-7-2-8-20-36)31-41(33-42)37-21-9-3-10-22-37/h1-34H. The van der Waals surface area contributed by atoms with E-state index in [1.807, 2.05) is 30.3 Å². The lowest BCUT2D eigenvalue weighted by Crippen LogP contribution is -2.04. The molecule has 0 aliphatic rings. The van der Waals surface area contributed by atoms with Gasteiger partial charge in [0.05, 0.1) is 16.7 Å². The lowest BCUT2D eigenvalue weighted by atomic mass is 9.96. The van der Waals surface area contributed by atoms with Crippen LogP contribution in [0.25, 0.3) is 95.0 Å². The van der Waals surface area contributed by atoms with E-state index in [1.54, 1.807) is 0 Å². The van der Waals surface area contributed by atoms with Crippen LogP contribution in [0.1, 0.15) is 0 Å². The van der Waals surface area contributed by atoms with E-state index in [1.165, 1.54) is 10.8 Å². The lowest BCUT2D eigenvalue weighted by Gasteiger charge is -2.17. The van der Waals surface area contributed by atoms with E-state index in [2.05, 4.69) is 180 Å². The van der Waals surface area contributed by atoms with E-state index in [-0.39, 0.29) is 0 Å². The Morgan fingerprint density at radius 3 is 1.20 bits per heavy atom. The maximum absolute atomic E-state index is 5.37. The number of aromatic nitrogens is 4. The summed E-state index contributed by atoms with van der Waals surface area (Å²) in [6, 6.07) is 72.2. The van der Waals surface area contributed by atoms with Crippen LogP contribution < -0.4 is 0 Å². The number of hydrogen-bond acceptors (Lipinski definition) is 3. The molecule has 10 rings (SSSR count). The average Bonchev–Trinajstić information content (AvgIpc) is 3.61. The van der Waals surface area contributed by atoms with E-state index < -0.39 is 0 Å². The number of nitrogens with zero attached hydrogens (tertiary/aromatic N) is 4. The highest BCUT2D eigenvalue weighted by molar-refractivity contribution is 6.09. The van der Waals surface area contributed by atoms with Crippen LogP contribution in [0.4, 0.5) is 0 Å². The van der Waals surface area contributed by atoms with Gasteiger partial charge in [-0.1, -0.05) is 164 Å². The molecule has 0 bridgehead atoms. The molecule has 10 aromatic rings. The largest absolute Gasteiger partial charge is 0.308 e. The molecule has 0 radical (unpaired) electrons. The summed E-state index contributed by atoms with van der Waals surface area (Å²) in [5.41, 5.74) is 12.7. The summed E-state index contributed by atoms with van der Waals surface area (Å²) >= 11 is 0. The quantitative estimate of drug-likeness (QED) is 0.166. The highest BCUT2D eigenvalue weighted by Gasteiger charge is 2.21. The van der Waals surface area contributed by atoms with Crippen molar-refractivity contribution in [1.82, 2.24) is 19.5 Å². The molecule has 0 saturated carbocycles. The fraction of sp³-hybridized carbons (Fsp3) is 0. The molecule has 55 heavy (non-hydrogen) atoms. The van der Waals surface area contributed by atoms with E-state index in [9.17, 15) is 0 Å². The number of para-hydroxylation sites is 2. The highest BCUT2D eigenvalue weighted by atomic mass is 15.1. The van der Waals surface area contributed by atoms with Crippen molar-refractivity contribution in [2.45, 2.75) is 0 Å². The normalized spacial score (nSPS) is 11.3. The average molecular weight is 703 g/mol. The molecule has 0 aliphatic heterocycles. The fourth-order valence-corrected chi connectivity index (χ4v) is 7.59. The molecule has 4 nitrogen and oxygen atoms in total. The van der Waals surface area contributed by atoms with Gasteiger partial charge in [-0.05, 0) is 75.8 Å². The van der Waals surface area contributed by atoms with Gasteiger partial charge in [-0.3, -0.25) is 0 Å². The number of rotatable bonds is 7. The van der Waals surface area contributed by atoms with Gasteiger partial charge in [-0.25, -0.2) is 15.0 Å². The molecule has 0 atom stereocenters.